The lowest BCUT2D eigenvalue weighted by Crippen LogP contribution is -2.39. The number of imidazole rings is 1. The standard InChI is InChI=1S/C29H26ClF3N4O3/c30-20-14-22(26(34-15-20)29(31,32)33)27(39)35-21-12-10-18(11-13-21)16-36-23-8-4-5-9-24(23)37(28(36)40)17-25(38)19-6-2-1-3-7-19/h1-9,14-15,18,21H,10-13,16-17H2,(H,35,39)/t18-,21-. The van der Waals surface area contributed by atoms with Gasteiger partial charge in [-0.2, -0.15) is 13.2 Å². The number of rotatable bonds is 7. The molecule has 1 fully saturated rings. The highest BCUT2D eigenvalue weighted by Gasteiger charge is 2.38. The van der Waals surface area contributed by atoms with Crippen molar-refractivity contribution in [2.75, 3.05) is 0 Å². The second-order valence-corrected chi connectivity index (χ2v) is 10.4. The molecule has 0 bridgehead atoms. The van der Waals surface area contributed by atoms with E-state index < -0.39 is 23.3 Å². The van der Waals surface area contributed by atoms with Crippen LogP contribution in [-0.4, -0.2) is 31.9 Å². The zero-order valence-corrected chi connectivity index (χ0v) is 22.1. The van der Waals surface area contributed by atoms with Crippen molar-refractivity contribution in [1.29, 1.82) is 0 Å². The number of alkyl halides is 3. The van der Waals surface area contributed by atoms with E-state index >= 15 is 0 Å². The van der Waals surface area contributed by atoms with E-state index in [4.69, 9.17) is 11.6 Å². The predicted octanol–water partition coefficient (Wildman–Crippen LogP) is 5.74. The van der Waals surface area contributed by atoms with Gasteiger partial charge in [0.05, 0.1) is 28.2 Å². The molecule has 0 spiro atoms. The van der Waals surface area contributed by atoms with Gasteiger partial charge in [0, 0.05) is 24.3 Å². The predicted molar refractivity (Wildman–Crippen MR) is 144 cm³/mol. The van der Waals surface area contributed by atoms with Gasteiger partial charge < -0.3 is 5.32 Å². The van der Waals surface area contributed by atoms with Gasteiger partial charge in [-0.15, -0.1) is 0 Å². The van der Waals surface area contributed by atoms with Crippen LogP contribution >= 0.6 is 11.6 Å². The Kier molecular flexibility index (Phi) is 7.80. The smallest absolute Gasteiger partial charge is 0.349 e. The number of nitrogens with zero attached hydrogens (tertiary/aromatic N) is 3. The molecule has 1 aliphatic rings. The van der Waals surface area contributed by atoms with E-state index in [2.05, 4.69) is 10.3 Å². The molecule has 4 aromatic rings. The molecule has 0 radical (unpaired) electrons. The summed E-state index contributed by atoms with van der Waals surface area (Å²) in [5.74, 6) is -0.910. The summed E-state index contributed by atoms with van der Waals surface area (Å²) in [6, 6.07) is 16.8. The minimum Gasteiger partial charge on any atom is -0.349 e. The molecule has 0 atom stereocenters. The normalized spacial score (nSPS) is 17.6. The largest absolute Gasteiger partial charge is 0.434 e. The van der Waals surface area contributed by atoms with Gasteiger partial charge in [0.2, 0.25) is 0 Å². The van der Waals surface area contributed by atoms with Gasteiger partial charge in [0.25, 0.3) is 5.91 Å². The Hall–Kier alpha value is -3.92. The summed E-state index contributed by atoms with van der Waals surface area (Å²) in [5, 5.41) is 2.64. The van der Waals surface area contributed by atoms with Crippen LogP contribution in [0.25, 0.3) is 11.0 Å². The van der Waals surface area contributed by atoms with Gasteiger partial charge in [-0.1, -0.05) is 54.1 Å². The number of carbonyl (C=O) groups excluding carboxylic acids is 2. The zero-order chi connectivity index (χ0) is 28.4. The molecular weight excluding hydrogens is 545 g/mol. The van der Waals surface area contributed by atoms with E-state index in [1.165, 1.54) is 4.57 Å². The molecule has 1 saturated carbocycles. The van der Waals surface area contributed by atoms with Crippen molar-refractivity contribution in [3.8, 4) is 0 Å². The maximum atomic E-state index is 13.4. The Bertz CT molecular complexity index is 1610. The topological polar surface area (TPSA) is 86.0 Å². The fourth-order valence-corrected chi connectivity index (χ4v) is 5.47. The van der Waals surface area contributed by atoms with Crippen molar-refractivity contribution in [2.24, 2.45) is 5.92 Å². The van der Waals surface area contributed by atoms with Crippen molar-refractivity contribution in [3.63, 3.8) is 0 Å². The number of amides is 1. The summed E-state index contributed by atoms with van der Waals surface area (Å²) in [4.78, 5) is 42.3. The number of halogens is 4. The summed E-state index contributed by atoms with van der Waals surface area (Å²) in [5.41, 5.74) is -0.210. The molecule has 0 unspecified atom stereocenters. The minimum atomic E-state index is -4.78. The Morgan fingerprint density at radius 2 is 1.57 bits per heavy atom. The second kappa shape index (κ2) is 11.3. The van der Waals surface area contributed by atoms with E-state index in [0.717, 1.165) is 17.8 Å². The molecule has 2 heterocycles. The van der Waals surface area contributed by atoms with Crippen molar-refractivity contribution in [1.82, 2.24) is 19.4 Å². The molecule has 40 heavy (non-hydrogen) atoms. The second-order valence-electron chi connectivity index (χ2n) is 10.00. The number of benzene rings is 2. The molecule has 2 aromatic carbocycles. The number of carbonyl (C=O) groups is 2. The number of hydrogen-bond acceptors (Lipinski definition) is 4. The highest BCUT2D eigenvalue weighted by atomic mass is 35.5. The highest BCUT2D eigenvalue weighted by Crippen LogP contribution is 2.32. The van der Waals surface area contributed by atoms with E-state index in [9.17, 15) is 27.6 Å². The monoisotopic (exact) mass is 570 g/mol. The lowest BCUT2D eigenvalue weighted by atomic mass is 9.85. The van der Waals surface area contributed by atoms with Gasteiger partial charge in [-0.3, -0.25) is 18.7 Å². The average molecular weight is 571 g/mol. The van der Waals surface area contributed by atoms with E-state index in [-0.39, 0.29) is 35.0 Å². The number of aromatic nitrogens is 3. The van der Waals surface area contributed by atoms with Crippen LogP contribution in [0.4, 0.5) is 13.2 Å². The number of ketones is 1. The number of Topliss-reactive ketones (excluding diaryl/α,β-unsaturated/α-hetero) is 1. The molecule has 208 valence electrons. The van der Waals surface area contributed by atoms with Crippen molar-refractivity contribution >= 4 is 34.3 Å². The molecule has 0 aliphatic heterocycles. The summed E-state index contributed by atoms with van der Waals surface area (Å²) in [6.45, 7) is 0.358. The van der Waals surface area contributed by atoms with Crippen molar-refractivity contribution in [2.45, 2.75) is 51.0 Å². The highest BCUT2D eigenvalue weighted by molar-refractivity contribution is 6.30. The Morgan fingerprint density at radius 3 is 2.23 bits per heavy atom. The SMILES string of the molecule is O=C(Cn1c(=O)n(C[C@H]2CC[C@H](NC(=O)c3cc(Cl)cnc3C(F)(F)F)CC2)c2ccccc21)c1ccccc1. The van der Waals surface area contributed by atoms with Crippen LogP contribution in [0.2, 0.25) is 5.02 Å². The third kappa shape index (κ3) is 5.82. The number of hydrogen-bond donors (Lipinski definition) is 1. The lowest BCUT2D eigenvalue weighted by molar-refractivity contribution is -0.141. The maximum Gasteiger partial charge on any atom is 0.434 e. The van der Waals surface area contributed by atoms with Crippen LogP contribution < -0.4 is 11.0 Å². The Labute approximate surface area is 232 Å². The first-order valence-corrected chi connectivity index (χ1v) is 13.3. The Morgan fingerprint density at radius 1 is 0.950 bits per heavy atom. The molecule has 0 saturated heterocycles. The molecule has 11 heteroatoms. The summed E-state index contributed by atoms with van der Waals surface area (Å²) >= 11 is 5.81. The lowest BCUT2D eigenvalue weighted by Gasteiger charge is -2.29. The first-order valence-electron chi connectivity index (χ1n) is 12.9. The summed E-state index contributed by atoms with van der Waals surface area (Å²) in [7, 11) is 0. The van der Waals surface area contributed by atoms with Gasteiger partial charge in [-0.05, 0) is 49.8 Å². The zero-order valence-electron chi connectivity index (χ0n) is 21.3. The third-order valence-corrected chi connectivity index (χ3v) is 7.52. The first kappa shape index (κ1) is 27.6. The molecule has 1 aliphatic carbocycles. The van der Waals surface area contributed by atoms with Gasteiger partial charge in [0.15, 0.2) is 11.5 Å². The van der Waals surface area contributed by atoms with Gasteiger partial charge in [-0.25, -0.2) is 9.78 Å². The fourth-order valence-electron chi connectivity index (χ4n) is 5.31. The van der Waals surface area contributed by atoms with Crippen molar-refractivity contribution < 1.29 is 22.8 Å². The molecule has 5 rings (SSSR count). The number of fused-ring (bicyclic) bond motifs is 1. The molecular formula is C29H26ClF3N4O3. The van der Waals surface area contributed by atoms with Crippen LogP contribution in [0.1, 0.15) is 52.1 Å². The van der Waals surface area contributed by atoms with Crippen LogP contribution in [-0.2, 0) is 19.3 Å². The molecule has 1 N–H and O–H groups in total. The van der Waals surface area contributed by atoms with Crippen molar-refractivity contribution in [3.05, 3.63) is 99.2 Å². The number of pyridine rings is 1. The molecule has 1 amide bonds. The molecule has 2 aromatic heterocycles. The van der Waals surface area contributed by atoms with E-state index in [1.54, 1.807) is 28.8 Å². The third-order valence-electron chi connectivity index (χ3n) is 7.31. The number of nitrogens with one attached hydrogen (secondary N) is 1. The van der Waals surface area contributed by atoms with Crippen LogP contribution in [0.15, 0.2) is 71.7 Å². The Balaban J connectivity index is 1.27. The quantitative estimate of drug-likeness (QED) is 0.287. The summed E-state index contributed by atoms with van der Waals surface area (Å²) < 4.78 is 43.2. The van der Waals surface area contributed by atoms with Crippen LogP contribution in [0.5, 0.6) is 0 Å². The van der Waals surface area contributed by atoms with E-state index in [1.807, 2.05) is 30.3 Å². The maximum absolute atomic E-state index is 13.4. The number of para-hydroxylation sites is 2. The van der Waals surface area contributed by atoms with E-state index in [0.29, 0.717) is 43.3 Å². The fraction of sp³-hybridized carbons (Fsp3) is 0.310. The minimum absolute atomic E-state index is 0.0584. The average Bonchev–Trinajstić information content (AvgIpc) is 3.19. The first-order chi connectivity index (χ1) is 19.1. The summed E-state index contributed by atoms with van der Waals surface area (Å²) in [6.07, 6.45) is -1.49. The van der Waals surface area contributed by atoms with Crippen LogP contribution in [0, 0.1) is 5.92 Å². The van der Waals surface area contributed by atoms with Gasteiger partial charge >= 0.3 is 11.9 Å². The molecule has 7 nitrogen and oxygen atoms in total. The van der Waals surface area contributed by atoms with Crippen LogP contribution in [0.3, 0.4) is 0 Å². The van der Waals surface area contributed by atoms with Gasteiger partial charge in [0.1, 0.15) is 0 Å².